The van der Waals surface area contributed by atoms with Crippen LogP contribution in [0.3, 0.4) is 0 Å². The molecule has 0 aliphatic rings. The molecule has 2 rings (SSSR count). The lowest BCUT2D eigenvalue weighted by Crippen LogP contribution is -2.34. The van der Waals surface area contributed by atoms with Crippen LogP contribution in [0.15, 0.2) is 14.4 Å². The van der Waals surface area contributed by atoms with Crippen LogP contribution in [0, 0.1) is 0 Å². The van der Waals surface area contributed by atoms with E-state index in [4.69, 9.17) is 11.5 Å². The van der Waals surface area contributed by atoms with E-state index in [9.17, 15) is 14.4 Å². The Bertz CT molecular complexity index is 636. The minimum absolute atomic E-state index is 0.161. The van der Waals surface area contributed by atoms with E-state index in [-0.39, 0.29) is 11.9 Å². The van der Waals surface area contributed by atoms with Crippen molar-refractivity contribution >= 4 is 24.5 Å². The zero-order valence-corrected chi connectivity index (χ0v) is 11.0. The molecule has 0 fully saturated rings. The monoisotopic (exact) mass is 300 g/mol. The normalized spacial score (nSPS) is 9.65. The van der Waals surface area contributed by atoms with Gasteiger partial charge in [0.05, 0.1) is 0 Å². The molecular formula is C8H12N8O3S. The van der Waals surface area contributed by atoms with Gasteiger partial charge >= 0.3 is 17.1 Å². The maximum atomic E-state index is 10.2. The average Bonchev–Trinajstić information content (AvgIpc) is 2.26. The summed E-state index contributed by atoms with van der Waals surface area (Å²) in [6.07, 6.45) is 0.653. The topological polar surface area (TPSA) is 189 Å². The van der Waals surface area contributed by atoms with Gasteiger partial charge in [0, 0.05) is 6.42 Å². The summed E-state index contributed by atoms with van der Waals surface area (Å²) in [6, 6.07) is 0. The summed E-state index contributed by atoms with van der Waals surface area (Å²) in [4.78, 5) is 47.2. The van der Waals surface area contributed by atoms with Crippen LogP contribution in [0.5, 0.6) is 0 Å². The molecule has 0 amide bonds. The highest BCUT2D eigenvalue weighted by Crippen LogP contribution is 1.99. The highest BCUT2D eigenvalue weighted by Gasteiger charge is 1.99. The number of aromatic amines is 3. The predicted octanol–water partition coefficient (Wildman–Crippen LogP) is -2.74. The van der Waals surface area contributed by atoms with Gasteiger partial charge in [-0.05, 0) is 5.75 Å². The fourth-order valence-corrected chi connectivity index (χ4v) is 1.27. The van der Waals surface area contributed by atoms with E-state index >= 15 is 0 Å². The first-order chi connectivity index (χ1) is 9.40. The number of aromatic nitrogens is 6. The van der Waals surface area contributed by atoms with Crippen LogP contribution in [0.1, 0.15) is 5.82 Å². The molecule has 11 nitrogen and oxygen atoms in total. The quantitative estimate of drug-likeness (QED) is 0.322. The van der Waals surface area contributed by atoms with Crippen LogP contribution in [0.4, 0.5) is 11.9 Å². The van der Waals surface area contributed by atoms with Crippen molar-refractivity contribution in [1.82, 2.24) is 29.9 Å². The summed E-state index contributed by atoms with van der Waals surface area (Å²) >= 11 is 4.02. The molecule has 0 atom stereocenters. The van der Waals surface area contributed by atoms with Crippen LogP contribution in [-0.2, 0) is 6.42 Å². The fraction of sp³-hybridized carbons (Fsp3) is 0.250. The maximum absolute atomic E-state index is 10.2. The number of nitrogen functional groups attached to an aromatic ring is 2. The van der Waals surface area contributed by atoms with E-state index in [1.54, 1.807) is 15.0 Å². The molecule has 0 saturated heterocycles. The molecule has 0 spiro atoms. The molecule has 2 heterocycles. The number of nitrogens with two attached hydrogens (primary N) is 2. The van der Waals surface area contributed by atoms with Crippen LogP contribution in [-0.4, -0.2) is 35.7 Å². The van der Waals surface area contributed by atoms with Gasteiger partial charge in [-0.25, -0.2) is 14.4 Å². The van der Waals surface area contributed by atoms with Gasteiger partial charge in [-0.3, -0.25) is 15.0 Å². The van der Waals surface area contributed by atoms with E-state index in [1.165, 1.54) is 0 Å². The minimum Gasteiger partial charge on any atom is -0.368 e. The highest BCUT2D eigenvalue weighted by molar-refractivity contribution is 7.80. The third kappa shape index (κ3) is 5.34. The predicted molar refractivity (Wildman–Crippen MR) is 74.5 cm³/mol. The van der Waals surface area contributed by atoms with Crippen molar-refractivity contribution in [3.05, 3.63) is 37.3 Å². The van der Waals surface area contributed by atoms with Crippen LogP contribution in [0.25, 0.3) is 0 Å². The first-order valence-corrected chi connectivity index (χ1v) is 5.83. The molecule has 0 aromatic carbocycles. The van der Waals surface area contributed by atoms with Gasteiger partial charge in [-0.15, -0.1) is 0 Å². The Labute approximate surface area is 116 Å². The number of nitrogens with one attached hydrogen (secondary N) is 3. The largest absolute Gasteiger partial charge is 0.368 e. The minimum atomic E-state index is -0.802. The zero-order chi connectivity index (χ0) is 15.1. The van der Waals surface area contributed by atoms with Crippen molar-refractivity contribution in [2.24, 2.45) is 0 Å². The second kappa shape index (κ2) is 7.08. The summed E-state index contributed by atoms with van der Waals surface area (Å²) in [5.41, 5.74) is 8.24. The number of nitrogens with zero attached hydrogens (tertiary/aromatic N) is 3. The third-order valence-electron chi connectivity index (χ3n) is 1.73. The SMILES string of the molecule is Nc1nc(N)nc(CCS)n1.O=c1[nH]c(=O)[nH]c(=O)[nH]1. The Morgan fingerprint density at radius 2 is 1.25 bits per heavy atom. The molecule has 0 radical (unpaired) electrons. The number of aryl methyl sites for hydroxylation is 1. The van der Waals surface area contributed by atoms with Crippen molar-refractivity contribution in [3.63, 3.8) is 0 Å². The average molecular weight is 300 g/mol. The molecule has 7 N–H and O–H groups in total. The zero-order valence-electron chi connectivity index (χ0n) is 10.1. The fourth-order valence-electron chi connectivity index (χ4n) is 1.07. The maximum Gasteiger partial charge on any atom is 0.330 e. The number of anilines is 2. The molecule has 108 valence electrons. The van der Waals surface area contributed by atoms with Gasteiger partial charge in [0.1, 0.15) is 5.82 Å². The second-order valence-corrected chi connectivity index (χ2v) is 3.75. The van der Waals surface area contributed by atoms with Crippen LogP contribution in [0.2, 0.25) is 0 Å². The lowest BCUT2D eigenvalue weighted by Gasteiger charge is -1.98. The summed E-state index contributed by atoms with van der Waals surface area (Å²) in [7, 11) is 0. The number of thiol groups is 1. The van der Waals surface area contributed by atoms with E-state index in [0.29, 0.717) is 18.0 Å². The molecule has 20 heavy (non-hydrogen) atoms. The number of rotatable bonds is 2. The van der Waals surface area contributed by atoms with Gasteiger partial charge in [-0.2, -0.15) is 27.6 Å². The van der Waals surface area contributed by atoms with Crippen molar-refractivity contribution < 1.29 is 0 Å². The Balaban J connectivity index is 0.000000204. The molecule has 0 bridgehead atoms. The smallest absolute Gasteiger partial charge is 0.330 e. The Kier molecular flexibility index (Phi) is 5.46. The van der Waals surface area contributed by atoms with Crippen LogP contribution >= 0.6 is 12.6 Å². The van der Waals surface area contributed by atoms with Gasteiger partial charge in [-0.1, -0.05) is 0 Å². The number of hydrogen-bond acceptors (Lipinski definition) is 9. The van der Waals surface area contributed by atoms with E-state index in [0.717, 1.165) is 0 Å². The van der Waals surface area contributed by atoms with Crippen molar-refractivity contribution in [3.8, 4) is 0 Å². The highest BCUT2D eigenvalue weighted by atomic mass is 32.1. The molecule has 2 aromatic heterocycles. The molecular weight excluding hydrogens is 288 g/mol. The first-order valence-electron chi connectivity index (χ1n) is 5.20. The summed E-state index contributed by atoms with van der Waals surface area (Å²) in [5.74, 6) is 1.58. The van der Waals surface area contributed by atoms with Crippen molar-refractivity contribution in [2.45, 2.75) is 6.42 Å². The van der Waals surface area contributed by atoms with E-state index in [2.05, 4.69) is 27.6 Å². The number of H-pyrrole nitrogens is 3. The first kappa shape index (κ1) is 15.4. The molecule has 2 aromatic rings. The van der Waals surface area contributed by atoms with E-state index in [1.807, 2.05) is 0 Å². The molecule has 12 heteroatoms. The Morgan fingerprint density at radius 3 is 1.60 bits per heavy atom. The Hall–Kier alpha value is -2.63. The van der Waals surface area contributed by atoms with Gasteiger partial charge in [0.15, 0.2) is 0 Å². The molecule has 0 aliphatic carbocycles. The Morgan fingerprint density at radius 1 is 0.850 bits per heavy atom. The van der Waals surface area contributed by atoms with Gasteiger partial charge in [0.25, 0.3) is 0 Å². The standard InChI is InChI=1S/C5H9N5S.C3H3N3O3/c6-4-8-3(1-2-11)9-5(7)10-4;7-1-4-2(8)6-3(9)5-1/h11H,1-2H2,(H4,6,7,8,9,10);(H3,4,5,6,7,8,9). The van der Waals surface area contributed by atoms with Crippen LogP contribution < -0.4 is 28.5 Å². The lowest BCUT2D eigenvalue weighted by atomic mass is 10.4. The molecule has 0 unspecified atom stereocenters. The second-order valence-electron chi connectivity index (χ2n) is 3.30. The van der Waals surface area contributed by atoms with Gasteiger partial charge in [0.2, 0.25) is 11.9 Å². The van der Waals surface area contributed by atoms with E-state index < -0.39 is 17.1 Å². The third-order valence-corrected chi connectivity index (χ3v) is 1.96. The summed E-state index contributed by atoms with van der Waals surface area (Å²) < 4.78 is 0. The lowest BCUT2D eigenvalue weighted by molar-refractivity contribution is 0.888. The van der Waals surface area contributed by atoms with Crippen molar-refractivity contribution in [1.29, 1.82) is 0 Å². The molecule has 0 saturated carbocycles. The molecule has 0 aliphatic heterocycles. The van der Waals surface area contributed by atoms with Crippen molar-refractivity contribution in [2.75, 3.05) is 17.2 Å². The number of hydrogen-bond donors (Lipinski definition) is 6. The van der Waals surface area contributed by atoms with Gasteiger partial charge < -0.3 is 11.5 Å². The summed E-state index contributed by atoms with van der Waals surface area (Å²) in [5, 5.41) is 0. The summed E-state index contributed by atoms with van der Waals surface area (Å²) in [6.45, 7) is 0.